The molecule has 0 amide bonds. The van der Waals surface area contributed by atoms with Gasteiger partial charge in [0.1, 0.15) is 0 Å². The SMILES string of the molecule is Cc1nc(N2CCN(C)CC2)nc(C)c1C(C)(C)C. The Morgan fingerprint density at radius 3 is 1.79 bits per heavy atom. The van der Waals surface area contributed by atoms with Gasteiger partial charge >= 0.3 is 0 Å². The van der Waals surface area contributed by atoms with Gasteiger partial charge in [-0.1, -0.05) is 20.8 Å². The molecule has 0 atom stereocenters. The molecule has 0 aromatic carbocycles. The van der Waals surface area contributed by atoms with Crippen molar-refractivity contribution in [2.45, 2.75) is 40.0 Å². The fourth-order valence-electron chi connectivity index (χ4n) is 2.93. The van der Waals surface area contributed by atoms with Crippen LogP contribution in [-0.4, -0.2) is 48.1 Å². The Morgan fingerprint density at radius 1 is 0.895 bits per heavy atom. The molecule has 0 unspecified atom stereocenters. The molecule has 19 heavy (non-hydrogen) atoms. The third kappa shape index (κ3) is 3.06. The van der Waals surface area contributed by atoms with Crippen LogP contribution in [0.15, 0.2) is 0 Å². The van der Waals surface area contributed by atoms with E-state index >= 15 is 0 Å². The van der Waals surface area contributed by atoms with E-state index in [4.69, 9.17) is 9.97 Å². The molecule has 0 radical (unpaired) electrons. The largest absolute Gasteiger partial charge is 0.338 e. The molecule has 0 N–H and O–H groups in total. The van der Waals surface area contributed by atoms with E-state index in [0.29, 0.717) is 0 Å². The zero-order valence-corrected chi connectivity index (χ0v) is 13.1. The van der Waals surface area contributed by atoms with Crippen molar-refractivity contribution in [3.8, 4) is 0 Å². The molecular formula is C15H26N4. The number of piperazine rings is 1. The van der Waals surface area contributed by atoms with Gasteiger partial charge in [-0.25, -0.2) is 9.97 Å². The lowest BCUT2D eigenvalue weighted by Crippen LogP contribution is -2.45. The lowest BCUT2D eigenvalue weighted by atomic mass is 9.85. The van der Waals surface area contributed by atoms with E-state index in [2.05, 4.69) is 51.5 Å². The fourth-order valence-corrected chi connectivity index (χ4v) is 2.93. The summed E-state index contributed by atoms with van der Waals surface area (Å²) in [5.74, 6) is 0.899. The first-order chi connectivity index (χ1) is 8.79. The number of aromatic nitrogens is 2. The predicted molar refractivity (Wildman–Crippen MR) is 79.9 cm³/mol. The van der Waals surface area contributed by atoms with Gasteiger partial charge in [0.05, 0.1) is 0 Å². The number of rotatable bonds is 1. The average Bonchev–Trinajstić information content (AvgIpc) is 2.26. The van der Waals surface area contributed by atoms with Gasteiger partial charge in [-0.3, -0.25) is 0 Å². The Balaban J connectivity index is 2.30. The van der Waals surface area contributed by atoms with Crippen LogP contribution in [-0.2, 0) is 5.41 Å². The highest BCUT2D eigenvalue weighted by Crippen LogP contribution is 2.28. The smallest absolute Gasteiger partial charge is 0.225 e. The van der Waals surface area contributed by atoms with Gasteiger partial charge in [-0.2, -0.15) is 0 Å². The number of anilines is 1. The standard InChI is InChI=1S/C15H26N4/c1-11-13(15(3,4)5)12(2)17-14(16-11)19-9-7-18(6)8-10-19/h7-10H2,1-6H3. The molecule has 4 nitrogen and oxygen atoms in total. The monoisotopic (exact) mass is 262 g/mol. The van der Waals surface area contributed by atoms with Crippen molar-refractivity contribution in [2.24, 2.45) is 0 Å². The molecule has 106 valence electrons. The predicted octanol–water partition coefficient (Wildman–Crippen LogP) is 2.14. The molecule has 1 aliphatic rings. The highest BCUT2D eigenvalue weighted by Gasteiger charge is 2.23. The van der Waals surface area contributed by atoms with Crippen LogP contribution in [0.5, 0.6) is 0 Å². The van der Waals surface area contributed by atoms with Gasteiger partial charge in [0.15, 0.2) is 0 Å². The summed E-state index contributed by atoms with van der Waals surface area (Å²) < 4.78 is 0. The van der Waals surface area contributed by atoms with E-state index in [1.54, 1.807) is 0 Å². The molecular weight excluding hydrogens is 236 g/mol. The lowest BCUT2D eigenvalue weighted by molar-refractivity contribution is 0.311. The maximum absolute atomic E-state index is 4.75. The molecule has 1 fully saturated rings. The number of likely N-dealkylation sites (N-methyl/N-ethyl adjacent to an activating group) is 1. The minimum Gasteiger partial charge on any atom is -0.338 e. The summed E-state index contributed by atoms with van der Waals surface area (Å²) in [4.78, 5) is 14.1. The maximum Gasteiger partial charge on any atom is 0.225 e. The first-order valence-corrected chi connectivity index (χ1v) is 7.08. The van der Waals surface area contributed by atoms with Gasteiger partial charge in [0.2, 0.25) is 5.95 Å². The minimum absolute atomic E-state index is 0.106. The first-order valence-electron chi connectivity index (χ1n) is 7.08. The first kappa shape index (κ1) is 14.3. The Labute approximate surface area is 116 Å². The van der Waals surface area contributed by atoms with Crippen LogP contribution >= 0.6 is 0 Å². The molecule has 4 heteroatoms. The summed E-state index contributed by atoms with van der Waals surface area (Å²) in [5, 5.41) is 0. The van der Waals surface area contributed by atoms with E-state index in [1.165, 1.54) is 5.56 Å². The molecule has 0 bridgehead atoms. The van der Waals surface area contributed by atoms with Crippen LogP contribution in [0.2, 0.25) is 0 Å². The number of hydrogen-bond acceptors (Lipinski definition) is 4. The van der Waals surface area contributed by atoms with Crippen molar-refractivity contribution in [3.63, 3.8) is 0 Å². The molecule has 1 aliphatic heterocycles. The van der Waals surface area contributed by atoms with Crippen LogP contribution in [0.1, 0.15) is 37.7 Å². The molecule has 1 saturated heterocycles. The summed E-state index contributed by atoms with van der Waals surface area (Å²) in [6, 6.07) is 0. The van der Waals surface area contributed by atoms with Crippen LogP contribution in [0, 0.1) is 13.8 Å². The van der Waals surface area contributed by atoms with Crippen molar-refractivity contribution in [2.75, 3.05) is 38.1 Å². The molecule has 0 aliphatic carbocycles. The lowest BCUT2D eigenvalue weighted by Gasteiger charge is -2.33. The Hall–Kier alpha value is -1.16. The van der Waals surface area contributed by atoms with E-state index in [9.17, 15) is 0 Å². The number of aryl methyl sites for hydroxylation is 2. The zero-order valence-electron chi connectivity index (χ0n) is 13.1. The van der Waals surface area contributed by atoms with Crippen molar-refractivity contribution in [1.82, 2.24) is 14.9 Å². The quantitative estimate of drug-likeness (QED) is 0.776. The zero-order chi connectivity index (χ0) is 14.2. The van der Waals surface area contributed by atoms with Crippen molar-refractivity contribution < 1.29 is 0 Å². The molecule has 1 aromatic rings. The summed E-state index contributed by atoms with van der Waals surface area (Å²) >= 11 is 0. The highest BCUT2D eigenvalue weighted by molar-refractivity contribution is 5.39. The van der Waals surface area contributed by atoms with Crippen LogP contribution in [0.25, 0.3) is 0 Å². The molecule has 1 aromatic heterocycles. The molecule has 0 saturated carbocycles. The van der Waals surface area contributed by atoms with E-state index in [1.807, 2.05) is 0 Å². The third-order valence-electron chi connectivity index (χ3n) is 3.80. The Bertz CT molecular complexity index is 431. The van der Waals surface area contributed by atoms with Crippen LogP contribution in [0.4, 0.5) is 5.95 Å². The topological polar surface area (TPSA) is 32.3 Å². The number of hydrogen-bond donors (Lipinski definition) is 0. The maximum atomic E-state index is 4.75. The van der Waals surface area contributed by atoms with Gasteiger partial charge in [-0.15, -0.1) is 0 Å². The van der Waals surface area contributed by atoms with Crippen LogP contribution < -0.4 is 4.90 Å². The van der Waals surface area contributed by atoms with Gasteiger partial charge in [0, 0.05) is 43.1 Å². The minimum atomic E-state index is 0.106. The molecule has 2 rings (SSSR count). The normalized spacial score (nSPS) is 17.9. The van der Waals surface area contributed by atoms with Gasteiger partial charge < -0.3 is 9.80 Å². The van der Waals surface area contributed by atoms with Gasteiger partial charge in [-0.05, 0) is 26.3 Å². The summed E-state index contributed by atoms with van der Waals surface area (Å²) in [7, 11) is 2.16. The third-order valence-corrected chi connectivity index (χ3v) is 3.80. The second kappa shape index (κ2) is 5.08. The van der Waals surface area contributed by atoms with Crippen LogP contribution in [0.3, 0.4) is 0 Å². The van der Waals surface area contributed by atoms with Crippen molar-refractivity contribution in [1.29, 1.82) is 0 Å². The fraction of sp³-hybridized carbons (Fsp3) is 0.733. The molecule has 2 heterocycles. The molecule has 0 spiro atoms. The highest BCUT2D eigenvalue weighted by atomic mass is 15.3. The average molecular weight is 262 g/mol. The second-order valence-corrected chi connectivity index (χ2v) is 6.61. The Morgan fingerprint density at radius 2 is 1.37 bits per heavy atom. The van der Waals surface area contributed by atoms with E-state index in [-0.39, 0.29) is 5.41 Å². The van der Waals surface area contributed by atoms with Gasteiger partial charge in [0.25, 0.3) is 0 Å². The summed E-state index contributed by atoms with van der Waals surface area (Å²) in [6.45, 7) is 15.1. The number of nitrogens with zero attached hydrogens (tertiary/aromatic N) is 4. The van der Waals surface area contributed by atoms with Crippen molar-refractivity contribution in [3.05, 3.63) is 17.0 Å². The summed E-state index contributed by atoms with van der Waals surface area (Å²) in [6.07, 6.45) is 0. The van der Waals surface area contributed by atoms with Crippen molar-refractivity contribution >= 4 is 5.95 Å². The Kier molecular flexibility index (Phi) is 3.81. The second-order valence-electron chi connectivity index (χ2n) is 6.61. The van der Waals surface area contributed by atoms with E-state index < -0.39 is 0 Å². The van der Waals surface area contributed by atoms with E-state index in [0.717, 1.165) is 43.5 Å². The summed E-state index contributed by atoms with van der Waals surface area (Å²) in [5.41, 5.74) is 3.63.